The molecule has 1 aromatic heterocycles. The molecule has 0 amide bonds. The molecule has 0 radical (unpaired) electrons. The highest BCUT2D eigenvalue weighted by atomic mass is 16.4. The molecule has 4 heteroatoms. The number of aromatic carboxylic acids is 1. The SMILES string of the molecule is O=C(O)c1c(C2CCCC2)n(Cc2ccccc2)c2ccc(O)cc12. The number of carboxylic acids is 1. The lowest BCUT2D eigenvalue weighted by Gasteiger charge is -2.17. The predicted molar refractivity (Wildman–Crippen MR) is 97.3 cm³/mol. The van der Waals surface area contributed by atoms with Crippen LogP contribution in [0.2, 0.25) is 0 Å². The predicted octanol–water partition coefficient (Wildman–Crippen LogP) is 4.75. The zero-order valence-corrected chi connectivity index (χ0v) is 14.0. The molecule has 2 aromatic carbocycles. The molecule has 128 valence electrons. The van der Waals surface area contributed by atoms with E-state index in [0.717, 1.165) is 42.5 Å². The number of benzene rings is 2. The number of nitrogens with zero attached hydrogens (tertiary/aromatic N) is 1. The van der Waals surface area contributed by atoms with Gasteiger partial charge < -0.3 is 14.8 Å². The van der Waals surface area contributed by atoms with Crippen molar-refractivity contribution in [2.24, 2.45) is 0 Å². The van der Waals surface area contributed by atoms with Gasteiger partial charge in [-0.25, -0.2) is 4.79 Å². The van der Waals surface area contributed by atoms with E-state index < -0.39 is 5.97 Å². The summed E-state index contributed by atoms with van der Waals surface area (Å²) in [6.45, 7) is 0.640. The Bertz CT molecular complexity index is 921. The summed E-state index contributed by atoms with van der Waals surface area (Å²) in [6.07, 6.45) is 4.33. The first kappa shape index (κ1) is 15.8. The van der Waals surface area contributed by atoms with Crippen molar-refractivity contribution in [3.63, 3.8) is 0 Å². The highest BCUT2D eigenvalue weighted by Gasteiger charge is 2.30. The van der Waals surface area contributed by atoms with Gasteiger partial charge >= 0.3 is 5.97 Å². The van der Waals surface area contributed by atoms with Gasteiger partial charge in [-0.1, -0.05) is 43.2 Å². The monoisotopic (exact) mass is 335 g/mol. The van der Waals surface area contributed by atoms with Crippen molar-refractivity contribution in [3.05, 3.63) is 65.4 Å². The molecule has 4 rings (SSSR count). The number of fused-ring (bicyclic) bond motifs is 1. The Labute approximate surface area is 146 Å². The first-order chi connectivity index (χ1) is 12.1. The molecule has 1 heterocycles. The fourth-order valence-electron chi connectivity index (χ4n) is 4.15. The van der Waals surface area contributed by atoms with E-state index in [4.69, 9.17) is 0 Å². The molecule has 1 aliphatic carbocycles. The molecule has 1 fully saturated rings. The minimum absolute atomic E-state index is 0.102. The minimum Gasteiger partial charge on any atom is -0.508 e. The average molecular weight is 335 g/mol. The van der Waals surface area contributed by atoms with Crippen molar-refractivity contribution in [2.45, 2.75) is 38.1 Å². The third-order valence-electron chi connectivity index (χ3n) is 5.23. The van der Waals surface area contributed by atoms with Crippen LogP contribution in [-0.4, -0.2) is 20.7 Å². The number of rotatable bonds is 4. The maximum atomic E-state index is 12.1. The van der Waals surface area contributed by atoms with Gasteiger partial charge in [0, 0.05) is 29.1 Å². The molecular formula is C21H21NO3. The number of phenols is 1. The molecule has 3 aromatic rings. The second-order valence-electron chi connectivity index (χ2n) is 6.82. The highest BCUT2D eigenvalue weighted by Crippen LogP contribution is 2.41. The van der Waals surface area contributed by atoms with E-state index in [1.165, 1.54) is 0 Å². The van der Waals surface area contributed by atoms with Crippen LogP contribution in [0.4, 0.5) is 0 Å². The molecule has 0 unspecified atom stereocenters. The summed E-state index contributed by atoms with van der Waals surface area (Å²) in [7, 11) is 0. The van der Waals surface area contributed by atoms with Crippen molar-refractivity contribution in [3.8, 4) is 5.75 Å². The largest absolute Gasteiger partial charge is 0.508 e. The quantitative estimate of drug-likeness (QED) is 0.723. The van der Waals surface area contributed by atoms with Gasteiger partial charge in [-0.2, -0.15) is 0 Å². The van der Waals surface area contributed by atoms with Crippen LogP contribution in [0.15, 0.2) is 48.5 Å². The van der Waals surface area contributed by atoms with E-state index in [-0.39, 0.29) is 11.7 Å². The van der Waals surface area contributed by atoms with E-state index in [9.17, 15) is 15.0 Å². The Balaban J connectivity index is 1.97. The summed E-state index contributed by atoms with van der Waals surface area (Å²) >= 11 is 0. The first-order valence-electron chi connectivity index (χ1n) is 8.77. The van der Waals surface area contributed by atoms with Crippen LogP contribution >= 0.6 is 0 Å². The third kappa shape index (κ3) is 2.78. The lowest BCUT2D eigenvalue weighted by molar-refractivity contribution is 0.0697. The molecular weight excluding hydrogens is 314 g/mol. The second kappa shape index (κ2) is 6.28. The Kier molecular flexibility index (Phi) is 3.96. The third-order valence-corrected chi connectivity index (χ3v) is 5.23. The van der Waals surface area contributed by atoms with Gasteiger partial charge in [-0.15, -0.1) is 0 Å². The molecule has 0 saturated heterocycles. The van der Waals surface area contributed by atoms with Gasteiger partial charge in [-0.05, 0) is 36.6 Å². The lowest BCUT2D eigenvalue weighted by Crippen LogP contribution is -2.11. The second-order valence-corrected chi connectivity index (χ2v) is 6.82. The summed E-state index contributed by atoms with van der Waals surface area (Å²) in [6, 6.07) is 15.2. The van der Waals surface area contributed by atoms with Gasteiger partial charge in [0.25, 0.3) is 0 Å². The number of aromatic hydroxyl groups is 1. The molecule has 0 spiro atoms. The Morgan fingerprint density at radius 2 is 1.80 bits per heavy atom. The van der Waals surface area contributed by atoms with Crippen LogP contribution in [0.25, 0.3) is 10.9 Å². The zero-order chi connectivity index (χ0) is 17.4. The normalized spacial score (nSPS) is 15.0. The molecule has 2 N–H and O–H groups in total. The Morgan fingerprint density at radius 3 is 2.48 bits per heavy atom. The van der Waals surface area contributed by atoms with Crippen molar-refractivity contribution in [2.75, 3.05) is 0 Å². The van der Waals surface area contributed by atoms with E-state index in [1.54, 1.807) is 12.1 Å². The number of hydrogen-bond donors (Lipinski definition) is 2. The molecule has 1 saturated carbocycles. The van der Waals surface area contributed by atoms with Crippen molar-refractivity contribution in [1.82, 2.24) is 4.57 Å². The molecule has 4 nitrogen and oxygen atoms in total. The fraction of sp³-hybridized carbons (Fsp3) is 0.286. The number of carboxylic acid groups (broad SMARTS) is 1. The van der Waals surface area contributed by atoms with Crippen LogP contribution in [0.1, 0.15) is 53.2 Å². The standard InChI is InChI=1S/C21H21NO3/c23-16-10-11-18-17(12-16)19(21(24)25)20(15-8-4-5-9-15)22(18)13-14-6-2-1-3-7-14/h1-3,6-7,10-12,15,23H,4-5,8-9,13H2,(H,24,25). The van der Waals surface area contributed by atoms with Gasteiger partial charge in [0.15, 0.2) is 0 Å². The van der Waals surface area contributed by atoms with Gasteiger partial charge in [0.1, 0.15) is 5.75 Å². The van der Waals surface area contributed by atoms with Crippen LogP contribution in [0, 0.1) is 0 Å². The Morgan fingerprint density at radius 1 is 1.08 bits per heavy atom. The maximum absolute atomic E-state index is 12.1. The maximum Gasteiger partial charge on any atom is 0.338 e. The summed E-state index contributed by atoms with van der Waals surface area (Å²) in [4.78, 5) is 12.1. The van der Waals surface area contributed by atoms with Gasteiger partial charge in [0.2, 0.25) is 0 Å². The molecule has 0 bridgehead atoms. The van der Waals surface area contributed by atoms with Crippen molar-refractivity contribution in [1.29, 1.82) is 0 Å². The smallest absolute Gasteiger partial charge is 0.338 e. The average Bonchev–Trinajstić information content (AvgIpc) is 3.22. The van der Waals surface area contributed by atoms with Crippen LogP contribution < -0.4 is 0 Å². The van der Waals surface area contributed by atoms with Crippen molar-refractivity contribution < 1.29 is 15.0 Å². The number of hydrogen-bond acceptors (Lipinski definition) is 2. The van der Waals surface area contributed by atoms with Gasteiger partial charge in [0.05, 0.1) is 5.56 Å². The van der Waals surface area contributed by atoms with Crippen LogP contribution in [0.3, 0.4) is 0 Å². The Hall–Kier alpha value is -2.75. The molecule has 0 atom stereocenters. The van der Waals surface area contributed by atoms with Crippen LogP contribution in [0.5, 0.6) is 5.75 Å². The number of aromatic nitrogens is 1. The first-order valence-corrected chi connectivity index (χ1v) is 8.77. The fourth-order valence-corrected chi connectivity index (χ4v) is 4.15. The minimum atomic E-state index is -0.913. The molecule has 0 aliphatic heterocycles. The molecule has 1 aliphatic rings. The van der Waals surface area contributed by atoms with E-state index in [0.29, 0.717) is 17.5 Å². The summed E-state index contributed by atoms with van der Waals surface area (Å²) in [5.74, 6) is -0.543. The highest BCUT2D eigenvalue weighted by molar-refractivity contribution is 6.05. The van der Waals surface area contributed by atoms with Crippen LogP contribution in [-0.2, 0) is 6.54 Å². The lowest BCUT2D eigenvalue weighted by atomic mass is 9.98. The summed E-state index contributed by atoms with van der Waals surface area (Å²) in [5.41, 5.74) is 3.28. The topological polar surface area (TPSA) is 62.5 Å². The molecule has 25 heavy (non-hydrogen) atoms. The van der Waals surface area contributed by atoms with E-state index >= 15 is 0 Å². The van der Waals surface area contributed by atoms with E-state index in [1.807, 2.05) is 24.3 Å². The van der Waals surface area contributed by atoms with Crippen molar-refractivity contribution >= 4 is 16.9 Å². The zero-order valence-electron chi connectivity index (χ0n) is 14.0. The summed E-state index contributed by atoms with van der Waals surface area (Å²) < 4.78 is 2.14. The van der Waals surface area contributed by atoms with E-state index in [2.05, 4.69) is 16.7 Å². The number of phenolic OH excluding ortho intramolecular Hbond substituents is 1. The summed E-state index contributed by atoms with van der Waals surface area (Å²) in [5, 5.41) is 20.4. The number of carbonyl (C=O) groups is 1. The van der Waals surface area contributed by atoms with Gasteiger partial charge in [-0.3, -0.25) is 0 Å².